The van der Waals surface area contributed by atoms with Crippen LogP contribution >= 0.6 is 23.2 Å². The van der Waals surface area contributed by atoms with Gasteiger partial charge in [-0.1, -0.05) is 29.8 Å². The number of H-pyrrole nitrogens is 1. The van der Waals surface area contributed by atoms with Gasteiger partial charge in [0.2, 0.25) is 5.28 Å². The minimum absolute atomic E-state index is 0.00354. The maximum Gasteiger partial charge on any atom is 0.332 e. The van der Waals surface area contributed by atoms with Crippen LogP contribution in [0.25, 0.3) is 16.9 Å². The number of aromatic nitrogens is 4. The molecule has 0 aliphatic rings. The number of aromatic amines is 1. The molecule has 2 aromatic heterocycles. The molecule has 0 atom stereocenters. The number of halogens is 2. The van der Waals surface area contributed by atoms with Crippen molar-refractivity contribution in [2.24, 2.45) is 0 Å². The van der Waals surface area contributed by atoms with Crippen molar-refractivity contribution in [1.29, 1.82) is 0 Å². The molecule has 18 heavy (non-hydrogen) atoms. The summed E-state index contributed by atoms with van der Waals surface area (Å²) in [5.74, 6) is 0. The lowest BCUT2D eigenvalue weighted by Gasteiger charge is -2.02. The SMILES string of the molecule is O=c1[nH]c2c(Cl)nc(Cl)nc2n1-c1ccccc1. The van der Waals surface area contributed by atoms with Crippen LogP contribution < -0.4 is 5.69 Å². The van der Waals surface area contributed by atoms with Crippen LogP contribution in [0.4, 0.5) is 0 Å². The molecule has 0 radical (unpaired) electrons. The fourth-order valence-corrected chi connectivity index (χ4v) is 2.16. The van der Waals surface area contributed by atoms with Gasteiger partial charge in [0, 0.05) is 0 Å². The van der Waals surface area contributed by atoms with E-state index in [0.29, 0.717) is 16.9 Å². The molecule has 0 spiro atoms. The zero-order chi connectivity index (χ0) is 12.7. The van der Waals surface area contributed by atoms with Crippen molar-refractivity contribution in [2.45, 2.75) is 0 Å². The van der Waals surface area contributed by atoms with Crippen molar-refractivity contribution in [2.75, 3.05) is 0 Å². The first-order chi connectivity index (χ1) is 8.66. The first-order valence-corrected chi connectivity index (χ1v) is 5.81. The van der Waals surface area contributed by atoms with Crippen LogP contribution in [0, 0.1) is 0 Å². The van der Waals surface area contributed by atoms with E-state index in [2.05, 4.69) is 15.0 Å². The van der Waals surface area contributed by atoms with E-state index in [1.165, 1.54) is 4.57 Å². The number of hydrogen-bond acceptors (Lipinski definition) is 3. The summed E-state index contributed by atoms with van der Waals surface area (Å²) in [4.78, 5) is 22.4. The van der Waals surface area contributed by atoms with E-state index in [4.69, 9.17) is 23.2 Å². The first-order valence-electron chi connectivity index (χ1n) is 5.06. The van der Waals surface area contributed by atoms with Gasteiger partial charge in [0.25, 0.3) is 0 Å². The van der Waals surface area contributed by atoms with Crippen LogP contribution in [-0.2, 0) is 0 Å². The van der Waals surface area contributed by atoms with Crippen molar-refractivity contribution in [3.8, 4) is 5.69 Å². The van der Waals surface area contributed by atoms with E-state index in [0.717, 1.165) is 0 Å². The lowest BCUT2D eigenvalue weighted by molar-refractivity contribution is 0.997. The Morgan fingerprint density at radius 3 is 2.56 bits per heavy atom. The van der Waals surface area contributed by atoms with Crippen LogP contribution in [0.15, 0.2) is 35.1 Å². The summed E-state index contributed by atoms with van der Waals surface area (Å²) >= 11 is 11.7. The predicted octanol–water partition coefficient (Wildman–Crippen LogP) is 2.42. The van der Waals surface area contributed by atoms with Crippen LogP contribution in [0.5, 0.6) is 0 Å². The Kier molecular flexibility index (Phi) is 2.57. The van der Waals surface area contributed by atoms with Crippen LogP contribution in [-0.4, -0.2) is 19.5 Å². The quantitative estimate of drug-likeness (QED) is 0.550. The molecular formula is C11H6Cl2N4O. The normalized spacial score (nSPS) is 11.0. The van der Waals surface area contributed by atoms with Gasteiger partial charge in [-0.3, -0.25) is 0 Å². The molecule has 1 N–H and O–H groups in total. The molecule has 0 amide bonds. The smallest absolute Gasteiger partial charge is 0.301 e. The standard InChI is InChI=1S/C11H6Cl2N4O/c12-8-7-9(16-10(13)15-8)17(11(18)14-7)6-4-2-1-3-5-6/h1-5H,(H,14,18). The van der Waals surface area contributed by atoms with Crippen molar-refractivity contribution >= 4 is 34.4 Å². The number of rotatable bonds is 1. The topological polar surface area (TPSA) is 63.6 Å². The molecule has 90 valence electrons. The molecule has 7 heteroatoms. The van der Waals surface area contributed by atoms with Crippen molar-refractivity contribution in [3.05, 3.63) is 51.3 Å². The number of nitrogens with one attached hydrogen (secondary N) is 1. The number of hydrogen-bond donors (Lipinski definition) is 1. The Balaban J connectivity index is 2.43. The predicted molar refractivity (Wildman–Crippen MR) is 69.5 cm³/mol. The number of benzene rings is 1. The Hall–Kier alpha value is -1.85. The highest BCUT2D eigenvalue weighted by atomic mass is 35.5. The van der Waals surface area contributed by atoms with Gasteiger partial charge in [0.1, 0.15) is 5.52 Å². The highest BCUT2D eigenvalue weighted by Gasteiger charge is 2.14. The summed E-state index contributed by atoms with van der Waals surface area (Å²) in [6.45, 7) is 0. The Labute approximate surface area is 111 Å². The Bertz CT molecular complexity index is 779. The van der Waals surface area contributed by atoms with Gasteiger partial charge in [-0.05, 0) is 23.7 Å². The molecule has 0 aliphatic heterocycles. The van der Waals surface area contributed by atoms with Gasteiger partial charge in [-0.25, -0.2) is 14.3 Å². The van der Waals surface area contributed by atoms with E-state index in [9.17, 15) is 4.79 Å². The fourth-order valence-electron chi connectivity index (χ4n) is 1.74. The lowest BCUT2D eigenvalue weighted by atomic mass is 10.3. The molecule has 5 nitrogen and oxygen atoms in total. The highest BCUT2D eigenvalue weighted by Crippen LogP contribution is 2.21. The van der Waals surface area contributed by atoms with Crippen LogP contribution in [0.1, 0.15) is 0 Å². The van der Waals surface area contributed by atoms with Crippen LogP contribution in [0.2, 0.25) is 10.4 Å². The lowest BCUT2D eigenvalue weighted by Crippen LogP contribution is -2.14. The fraction of sp³-hybridized carbons (Fsp3) is 0. The Morgan fingerprint density at radius 2 is 1.83 bits per heavy atom. The van der Waals surface area contributed by atoms with E-state index in [1.54, 1.807) is 12.1 Å². The summed E-state index contributed by atoms with van der Waals surface area (Å²) < 4.78 is 1.40. The van der Waals surface area contributed by atoms with Gasteiger partial charge in [-0.2, -0.15) is 4.98 Å². The number of para-hydroxylation sites is 1. The third-order valence-electron chi connectivity index (χ3n) is 2.48. The molecule has 0 unspecified atom stereocenters. The minimum Gasteiger partial charge on any atom is -0.301 e. The number of fused-ring (bicyclic) bond motifs is 1. The summed E-state index contributed by atoms with van der Waals surface area (Å²) in [7, 11) is 0. The average Bonchev–Trinajstić information content (AvgIpc) is 2.67. The molecular weight excluding hydrogens is 275 g/mol. The van der Waals surface area contributed by atoms with E-state index in [-0.39, 0.29) is 16.1 Å². The summed E-state index contributed by atoms with van der Waals surface area (Å²) in [5, 5.41) is 0.118. The Morgan fingerprint density at radius 1 is 1.11 bits per heavy atom. The maximum absolute atomic E-state index is 11.9. The highest BCUT2D eigenvalue weighted by molar-refractivity contribution is 6.35. The van der Waals surface area contributed by atoms with E-state index < -0.39 is 0 Å². The monoisotopic (exact) mass is 280 g/mol. The van der Waals surface area contributed by atoms with Gasteiger partial charge >= 0.3 is 5.69 Å². The molecule has 0 fully saturated rings. The first kappa shape index (κ1) is 11.3. The molecule has 1 aromatic carbocycles. The second-order valence-corrected chi connectivity index (χ2v) is 4.28. The second kappa shape index (κ2) is 4.12. The molecule has 0 saturated carbocycles. The summed E-state index contributed by atoms with van der Waals surface area (Å²) in [6.07, 6.45) is 0. The molecule has 0 saturated heterocycles. The zero-order valence-electron chi connectivity index (χ0n) is 8.89. The average molecular weight is 281 g/mol. The summed E-state index contributed by atoms with van der Waals surface area (Å²) in [6, 6.07) is 9.09. The molecule has 2 heterocycles. The minimum atomic E-state index is -0.338. The number of nitrogens with zero attached hydrogens (tertiary/aromatic N) is 3. The third kappa shape index (κ3) is 1.68. The van der Waals surface area contributed by atoms with Gasteiger partial charge in [0.15, 0.2) is 10.8 Å². The summed E-state index contributed by atoms with van der Waals surface area (Å²) in [5.41, 5.74) is 1.07. The maximum atomic E-state index is 11.9. The molecule has 0 bridgehead atoms. The molecule has 0 aliphatic carbocycles. The van der Waals surface area contributed by atoms with Gasteiger partial charge in [-0.15, -0.1) is 0 Å². The van der Waals surface area contributed by atoms with Gasteiger partial charge in [0.05, 0.1) is 5.69 Å². The largest absolute Gasteiger partial charge is 0.332 e. The second-order valence-electron chi connectivity index (χ2n) is 3.58. The molecule has 3 aromatic rings. The van der Waals surface area contributed by atoms with Crippen LogP contribution in [0.3, 0.4) is 0 Å². The molecule has 3 rings (SSSR count). The van der Waals surface area contributed by atoms with Crippen molar-refractivity contribution < 1.29 is 0 Å². The van der Waals surface area contributed by atoms with Crippen molar-refractivity contribution in [1.82, 2.24) is 19.5 Å². The van der Waals surface area contributed by atoms with Gasteiger partial charge < -0.3 is 4.98 Å². The van der Waals surface area contributed by atoms with Crippen molar-refractivity contribution in [3.63, 3.8) is 0 Å². The van der Waals surface area contributed by atoms with E-state index >= 15 is 0 Å². The van der Waals surface area contributed by atoms with E-state index in [1.807, 2.05) is 18.2 Å². The third-order valence-corrected chi connectivity index (χ3v) is 2.92. The number of imidazole rings is 1. The zero-order valence-corrected chi connectivity index (χ0v) is 10.4.